The molecule has 37 heavy (non-hydrogen) atoms. The van der Waals surface area contributed by atoms with Gasteiger partial charge >= 0.3 is 6.03 Å². The fourth-order valence-corrected chi connectivity index (χ4v) is 5.11. The zero-order valence-electron chi connectivity index (χ0n) is 23.1. The maximum absolute atomic E-state index is 12.9. The highest BCUT2D eigenvalue weighted by atomic mass is 35.5. The second kappa shape index (κ2) is 16.1. The molecule has 2 aromatic carbocycles. The van der Waals surface area contributed by atoms with Crippen LogP contribution in [0.25, 0.3) is 10.8 Å². The average molecular weight is 552 g/mol. The predicted molar refractivity (Wildman–Crippen MR) is 159 cm³/mol. The maximum atomic E-state index is 12.9. The van der Waals surface area contributed by atoms with Crippen LogP contribution in [-0.4, -0.2) is 43.0 Å². The molecular weight excluding hydrogens is 507 g/mol. The van der Waals surface area contributed by atoms with E-state index in [2.05, 4.69) is 55.5 Å². The Morgan fingerprint density at radius 2 is 1.35 bits per heavy atom. The fourth-order valence-electron chi connectivity index (χ4n) is 4.43. The van der Waals surface area contributed by atoms with Crippen LogP contribution < -0.4 is 16.0 Å². The molecule has 8 heteroatoms. The Labute approximate surface area is 232 Å². The van der Waals surface area contributed by atoms with Gasteiger partial charge in [0, 0.05) is 25.0 Å². The number of nitrogens with one attached hydrogen (secondary N) is 3. The smallest absolute Gasteiger partial charge is 0.319 e. The first-order chi connectivity index (χ1) is 17.6. The molecule has 2 aromatic rings. The summed E-state index contributed by atoms with van der Waals surface area (Å²) in [6.45, 7) is 13.4. The topological polar surface area (TPSA) is 73.5 Å². The number of amides is 3. The minimum Gasteiger partial charge on any atom is -0.338 e. The number of carbonyl (C=O) groups is 2. The largest absolute Gasteiger partial charge is 0.338 e. The third kappa shape index (κ3) is 10.7. The van der Waals surface area contributed by atoms with Crippen LogP contribution in [0.2, 0.25) is 10.0 Å². The lowest BCUT2D eigenvalue weighted by molar-refractivity contribution is -0.117. The highest BCUT2D eigenvalue weighted by Gasteiger charge is 2.18. The molecule has 0 saturated heterocycles. The second-order valence-corrected chi connectivity index (χ2v) is 11.4. The molecule has 3 N–H and O–H groups in total. The summed E-state index contributed by atoms with van der Waals surface area (Å²) >= 11 is 13.4. The van der Waals surface area contributed by atoms with E-state index in [1.54, 1.807) is 12.1 Å². The summed E-state index contributed by atoms with van der Waals surface area (Å²) in [7, 11) is 0. The summed E-state index contributed by atoms with van der Waals surface area (Å²) in [5, 5.41) is 10.8. The van der Waals surface area contributed by atoms with Gasteiger partial charge in [0.1, 0.15) is 0 Å². The van der Waals surface area contributed by atoms with Crippen molar-refractivity contribution in [3.63, 3.8) is 0 Å². The van der Waals surface area contributed by atoms with E-state index in [4.69, 9.17) is 23.2 Å². The van der Waals surface area contributed by atoms with Crippen LogP contribution in [0.5, 0.6) is 0 Å². The lowest BCUT2D eigenvalue weighted by atomic mass is 10.1. The van der Waals surface area contributed by atoms with Crippen LogP contribution in [0.15, 0.2) is 24.3 Å². The minimum absolute atomic E-state index is 0.123. The number of anilines is 2. The number of urea groups is 1. The molecule has 0 saturated carbocycles. The van der Waals surface area contributed by atoms with E-state index in [9.17, 15) is 9.59 Å². The zero-order valence-corrected chi connectivity index (χ0v) is 24.6. The predicted octanol–water partition coefficient (Wildman–Crippen LogP) is 8.18. The van der Waals surface area contributed by atoms with Crippen molar-refractivity contribution in [2.75, 3.05) is 36.8 Å². The Kier molecular flexibility index (Phi) is 13.5. The van der Waals surface area contributed by atoms with Gasteiger partial charge in [-0.1, -0.05) is 102 Å². The molecule has 0 unspecified atom stereocenters. The van der Waals surface area contributed by atoms with E-state index in [0.717, 1.165) is 31.3 Å². The molecular formula is C29H44Cl2N4O2. The van der Waals surface area contributed by atoms with Crippen LogP contribution >= 0.6 is 23.2 Å². The molecule has 2 rings (SSSR count). The standard InChI is InChI=1S/C29H44Cl2N4O2/c1-6-7-8-9-10-11-16-32-29(37)34-24-15-13-22-12-14-23(27(30)26(22)28(24)31)33-25(36)19-35(17-20(2)3)18-21(4)5/h12-15,20-21H,6-11,16-19H2,1-5H3,(H,33,36)(H2,32,34,37). The van der Waals surface area contributed by atoms with Gasteiger partial charge in [0.15, 0.2) is 0 Å². The zero-order chi connectivity index (χ0) is 27.4. The van der Waals surface area contributed by atoms with E-state index < -0.39 is 0 Å². The average Bonchev–Trinajstić information content (AvgIpc) is 2.81. The van der Waals surface area contributed by atoms with Crippen LogP contribution in [0.4, 0.5) is 16.2 Å². The number of rotatable bonds is 15. The molecule has 0 atom stereocenters. The van der Waals surface area contributed by atoms with Crippen molar-refractivity contribution in [2.24, 2.45) is 11.8 Å². The van der Waals surface area contributed by atoms with E-state index in [1.165, 1.54) is 25.7 Å². The number of unbranched alkanes of at least 4 members (excludes halogenated alkanes) is 5. The Bertz CT molecular complexity index is 1020. The molecule has 0 aliphatic rings. The molecule has 0 spiro atoms. The number of carbonyl (C=O) groups excluding carboxylic acids is 2. The van der Waals surface area contributed by atoms with Crippen molar-refractivity contribution in [1.29, 1.82) is 0 Å². The third-order valence-corrected chi connectivity index (χ3v) is 6.80. The number of halogens is 2. The molecule has 0 aliphatic heterocycles. The van der Waals surface area contributed by atoms with Gasteiger partial charge in [0.05, 0.1) is 28.0 Å². The lowest BCUT2D eigenvalue weighted by Gasteiger charge is -2.25. The third-order valence-electron chi connectivity index (χ3n) is 6.01. The second-order valence-electron chi connectivity index (χ2n) is 10.6. The molecule has 0 aromatic heterocycles. The summed E-state index contributed by atoms with van der Waals surface area (Å²) in [5.41, 5.74) is 0.972. The first-order valence-corrected chi connectivity index (χ1v) is 14.4. The van der Waals surface area contributed by atoms with Crippen molar-refractivity contribution in [3.05, 3.63) is 34.3 Å². The van der Waals surface area contributed by atoms with Gasteiger partial charge in [-0.05, 0) is 35.8 Å². The van der Waals surface area contributed by atoms with E-state index in [-0.39, 0.29) is 11.9 Å². The number of nitrogens with zero attached hydrogens (tertiary/aromatic N) is 1. The van der Waals surface area contributed by atoms with E-state index in [1.807, 2.05) is 12.1 Å². The Morgan fingerprint density at radius 3 is 1.92 bits per heavy atom. The summed E-state index contributed by atoms with van der Waals surface area (Å²) in [4.78, 5) is 27.4. The van der Waals surface area contributed by atoms with Crippen molar-refractivity contribution in [2.45, 2.75) is 73.1 Å². The SMILES string of the molecule is CCCCCCCCNC(=O)Nc1ccc2ccc(NC(=O)CN(CC(C)C)CC(C)C)c(Cl)c2c1Cl. The van der Waals surface area contributed by atoms with Gasteiger partial charge in [0.2, 0.25) is 5.91 Å². The highest BCUT2D eigenvalue weighted by molar-refractivity contribution is 6.45. The lowest BCUT2D eigenvalue weighted by Crippen LogP contribution is -2.38. The summed E-state index contributed by atoms with van der Waals surface area (Å²) in [6, 6.07) is 6.97. The molecule has 0 fully saturated rings. The van der Waals surface area contributed by atoms with E-state index in [0.29, 0.717) is 51.7 Å². The quantitative estimate of drug-likeness (QED) is 0.196. The van der Waals surface area contributed by atoms with Crippen molar-refractivity contribution < 1.29 is 9.59 Å². The highest BCUT2D eigenvalue weighted by Crippen LogP contribution is 2.39. The van der Waals surface area contributed by atoms with Crippen LogP contribution in [0, 0.1) is 11.8 Å². The van der Waals surface area contributed by atoms with Crippen molar-refractivity contribution in [3.8, 4) is 0 Å². The maximum Gasteiger partial charge on any atom is 0.319 e. The fraction of sp³-hybridized carbons (Fsp3) is 0.586. The Hall–Kier alpha value is -2.02. The molecule has 0 bridgehead atoms. The molecule has 0 radical (unpaired) electrons. The summed E-state index contributed by atoms with van der Waals surface area (Å²) < 4.78 is 0. The summed E-state index contributed by atoms with van der Waals surface area (Å²) in [6.07, 6.45) is 6.97. The minimum atomic E-state index is -0.300. The first-order valence-electron chi connectivity index (χ1n) is 13.6. The van der Waals surface area contributed by atoms with Crippen LogP contribution in [-0.2, 0) is 4.79 Å². The normalized spacial score (nSPS) is 11.5. The van der Waals surface area contributed by atoms with Crippen LogP contribution in [0.3, 0.4) is 0 Å². The van der Waals surface area contributed by atoms with Gasteiger partial charge in [-0.25, -0.2) is 4.79 Å². The van der Waals surface area contributed by atoms with Gasteiger partial charge in [-0.15, -0.1) is 0 Å². The molecule has 3 amide bonds. The Balaban J connectivity index is 2.05. The van der Waals surface area contributed by atoms with Crippen molar-refractivity contribution >= 4 is 57.3 Å². The summed E-state index contributed by atoms with van der Waals surface area (Å²) in [5.74, 6) is 0.800. The van der Waals surface area contributed by atoms with E-state index >= 15 is 0 Å². The molecule has 0 heterocycles. The molecule has 6 nitrogen and oxygen atoms in total. The first kappa shape index (κ1) is 31.2. The Morgan fingerprint density at radius 1 is 0.811 bits per heavy atom. The van der Waals surface area contributed by atoms with Gasteiger partial charge in [-0.2, -0.15) is 0 Å². The monoisotopic (exact) mass is 550 g/mol. The van der Waals surface area contributed by atoms with Crippen LogP contribution in [0.1, 0.15) is 73.1 Å². The number of hydrogen-bond acceptors (Lipinski definition) is 3. The van der Waals surface area contributed by atoms with Gasteiger partial charge in [-0.3, -0.25) is 9.69 Å². The van der Waals surface area contributed by atoms with Crippen molar-refractivity contribution in [1.82, 2.24) is 10.2 Å². The molecule has 0 aliphatic carbocycles. The number of fused-ring (bicyclic) bond motifs is 1. The van der Waals surface area contributed by atoms with Gasteiger partial charge < -0.3 is 16.0 Å². The van der Waals surface area contributed by atoms with Gasteiger partial charge in [0.25, 0.3) is 0 Å². The number of benzene rings is 2. The molecule has 206 valence electrons. The number of hydrogen-bond donors (Lipinski definition) is 3.